The number of methoxy groups -OCH3 is 1. The molecule has 5 rings (SSSR count). The standard InChI is InChI=1S/C29H27ClN4O3S/c1-17-7-8-19(30)15-21(17)24-11-12-25(37-24)28-27(23-6-4-5-13-31-23)33-29(38)34(28)20-9-10-22(18(2)14-20)32-26(35)16-36-3/h4-15,27-28H,16H2,1-3H3,(H,32,35)(H,33,38)/t27-,28+/m0/s1. The van der Waals surface area contributed by atoms with E-state index in [0.29, 0.717) is 15.8 Å². The second-order valence-electron chi connectivity index (χ2n) is 9.14. The van der Waals surface area contributed by atoms with E-state index in [1.165, 1.54) is 7.11 Å². The number of aryl methyl sites for hydroxylation is 2. The monoisotopic (exact) mass is 546 g/mol. The third-order valence-corrected chi connectivity index (χ3v) is 7.07. The van der Waals surface area contributed by atoms with Crippen LogP contribution in [0, 0.1) is 13.8 Å². The first-order chi connectivity index (χ1) is 18.4. The van der Waals surface area contributed by atoms with E-state index in [1.54, 1.807) is 6.20 Å². The number of halogens is 1. The van der Waals surface area contributed by atoms with Gasteiger partial charge in [-0.05, 0) is 91.8 Å². The fourth-order valence-electron chi connectivity index (χ4n) is 4.69. The number of rotatable bonds is 7. The van der Waals surface area contributed by atoms with Gasteiger partial charge in [-0.25, -0.2) is 0 Å². The molecule has 0 aliphatic carbocycles. The maximum atomic E-state index is 12.1. The van der Waals surface area contributed by atoms with Crippen LogP contribution in [-0.4, -0.2) is 29.7 Å². The second-order valence-corrected chi connectivity index (χ2v) is 9.96. The molecule has 2 aromatic carbocycles. The molecule has 4 aromatic rings. The molecular weight excluding hydrogens is 520 g/mol. The van der Waals surface area contributed by atoms with E-state index in [0.717, 1.165) is 39.6 Å². The molecule has 1 aliphatic rings. The normalized spacial score (nSPS) is 16.9. The number of pyridine rings is 1. The third kappa shape index (κ3) is 5.15. The Morgan fingerprint density at radius 2 is 1.97 bits per heavy atom. The smallest absolute Gasteiger partial charge is 0.250 e. The second kappa shape index (κ2) is 10.9. The first-order valence-electron chi connectivity index (χ1n) is 12.1. The number of hydrogen-bond donors (Lipinski definition) is 2. The summed E-state index contributed by atoms with van der Waals surface area (Å²) in [6.45, 7) is 3.96. The molecule has 0 unspecified atom stereocenters. The minimum absolute atomic E-state index is 0.0118. The number of nitrogens with zero attached hydrogens (tertiary/aromatic N) is 2. The summed E-state index contributed by atoms with van der Waals surface area (Å²) in [6, 6.07) is 20.8. The summed E-state index contributed by atoms with van der Waals surface area (Å²) >= 11 is 12.1. The zero-order chi connectivity index (χ0) is 26.8. The van der Waals surface area contributed by atoms with Crippen LogP contribution in [-0.2, 0) is 9.53 Å². The molecule has 0 spiro atoms. The molecule has 9 heteroatoms. The SMILES string of the molecule is COCC(=O)Nc1ccc(N2C(=S)N[C@@H](c3ccccn3)[C@H]2c2ccc(-c3cc(Cl)ccc3C)o2)cc1C. The van der Waals surface area contributed by atoms with Crippen LogP contribution >= 0.6 is 23.8 Å². The summed E-state index contributed by atoms with van der Waals surface area (Å²) in [5.74, 6) is 1.25. The Bertz CT molecular complexity index is 1490. The van der Waals surface area contributed by atoms with Gasteiger partial charge in [0.1, 0.15) is 24.2 Å². The molecule has 0 saturated carbocycles. The van der Waals surface area contributed by atoms with Crippen LogP contribution in [0.2, 0.25) is 5.02 Å². The highest BCUT2D eigenvalue weighted by Crippen LogP contribution is 2.43. The molecule has 1 saturated heterocycles. The number of ether oxygens (including phenoxy) is 1. The Morgan fingerprint density at radius 1 is 1.13 bits per heavy atom. The molecular formula is C29H27ClN4O3S. The quantitative estimate of drug-likeness (QED) is 0.261. The van der Waals surface area contributed by atoms with Crippen LogP contribution < -0.4 is 15.5 Å². The number of hydrogen-bond acceptors (Lipinski definition) is 5. The fraction of sp³-hybridized carbons (Fsp3) is 0.207. The van der Waals surface area contributed by atoms with Crippen LogP contribution in [0.5, 0.6) is 0 Å². The maximum absolute atomic E-state index is 12.1. The number of anilines is 2. The Hall–Kier alpha value is -3.72. The molecule has 38 heavy (non-hydrogen) atoms. The van der Waals surface area contributed by atoms with Crippen molar-refractivity contribution in [2.45, 2.75) is 25.9 Å². The Morgan fingerprint density at radius 3 is 2.71 bits per heavy atom. The summed E-state index contributed by atoms with van der Waals surface area (Å²) in [5.41, 5.74) is 5.32. The molecule has 3 heterocycles. The van der Waals surface area contributed by atoms with Gasteiger partial charge in [0.15, 0.2) is 5.11 Å². The van der Waals surface area contributed by atoms with E-state index in [-0.39, 0.29) is 24.6 Å². The van der Waals surface area contributed by atoms with E-state index in [4.69, 9.17) is 33.0 Å². The number of nitrogens with one attached hydrogen (secondary N) is 2. The van der Waals surface area contributed by atoms with Gasteiger partial charge in [-0.15, -0.1) is 0 Å². The molecule has 1 aliphatic heterocycles. The minimum atomic E-state index is -0.307. The third-order valence-electron chi connectivity index (χ3n) is 6.52. The lowest BCUT2D eigenvalue weighted by molar-refractivity contribution is -0.119. The highest BCUT2D eigenvalue weighted by Gasteiger charge is 2.42. The maximum Gasteiger partial charge on any atom is 0.250 e. The Balaban J connectivity index is 1.55. The molecule has 194 valence electrons. The first kappa shape index (κ1) is 25.9. The molecule has 2 aromatic heterocycles. The van der Waals surface area contributed by atoms with Crippen molar-refractivity contribution < 1.29 is 13.9 Å². The van der Waals surface area contributed by atoms with Gasteiger partial charge < -0.3 is 24.7 Å². The predicted octanol–water partition coefficient (Wildman–Crippen LogP) is 6.37. The van der Waals surface area contributed by atoms with E-state index in [1.807, 2.05) is 85.5 Å². The van der Waals surface area contributed by atoms with E-state index in [2.05, 4.69) is 15.6 Å². The minimum Gasteiger partial charge on any atom is -0.459 e. The lowest BCUT2D eigenvalue weighted by Crippen LogP contribution is -2.29. The number of carbonyl (C=O) groups is 1. The summed E-state index contributed by atoms with van der Waals surface area (Å²) in [4.78, 5) is 18.7. The van der Waals surface area contributed by atoms with Gasteiger partial charge in [0.25, 0.3) is 0 Å². The van der Waals surface area contributed by atoms with Crippen LogP contribution in [0.3, 0.4) is 0 Å². The average Bonchev–Trinajstić information content (AvgIpc) is 3.52. The number of furan rings is 1. The van der Waals surface area contributed by atoms with Gasteiger partial charge in [-0.2, -0.15) is 0 Å². The lowest BCUT2D eigenvalue weighted by atomic mass is 10.0. The molecule has 0 bridgehead atoms. The molecule has 1 fully saturated rings. The van der Waals surface area contributed by atoms with E-state index in [9.17, 15) is 4.79 Å². The molecule has 2 N–H and O–H groups in total. The fourth-order valence-corrected chi connectivity index (χ4v) is 5.21. The van der Waals surface area contributed by atoms with Crippen molar-refractivity contribution in [3.05, 3.63) is 101 Å². The van der Waals surface area contributed by atoms with Crippen molar-refractivity contribution in [3.8, 4) is 11.3 Å². The average molecular weight is 547 g/mol. The number of carbonyl (C=O) groups excluding carboxylic acids is 1. The zero-order valence-electron chi connectivity index (χ0n) is 21.2. The van der Waals surface area contributed by atoms with Crippen molar-refractivity contribution in [1.82, 2.24) is 10.3 Å². The van der Waals surface area contributed by atoms with Crippen LogP contribution in [0.25, 0.3) is 11.3 Å². The van der Waals surface area contributed by atoms with Crippen molar-refractivity contribution in [1.29, 1.82) is 0 Å². The summed E-state index contributed by atoms with van der Waals surface area (Å²) in [5, 5.41) is 7.53. The summed E-state index contributed by atoms with van der Waals surface area (Å²) in [6.07, 6.45) is 1.77. The van der Waals surface area contributed by atoms with Gasteiger partial charge in [0.2, 0.25) is 5.91 Å². The van der Waals surface area contributed by atoms with E-state index < -0.39 is 0 Å². The Kier molecular flexibility index (Phi) is 7.46. The van der Waals surface area contributed by atoms with Crippen molar-refractivity contribution in [3.63, 3.8) is 0 Å². The highest BCUT2D eigenvalue weighted by molar-refractivity contribution is 7.80. The number of aromatic nitrogens is 1. The van der Waals surface area contributed by atoms with Crippen LogP contribution in [0.4, 0.5) is 11.4 Å². The van der Waals surface area contributed by atoms with Crippen LogP contribution in [0.15, 0.2) is 77.3 Å². The number of thiocarbonyl (C=S) groups is 1. The zero-order valence-corrected chi connectivity index (χ0v) is 22.8. The van der Waals surface area contributed by atoms with Crippen LogP contribution in [0.1, 0.15) is 34.7 Å². The first-order valence-corrected chi connectivity index (χ1v) is 12.9. The Labute approximate surface area is 231 Å². The van der Waals surface area contributed by atoms with Gasteiger partial charge >= 0.3 is 0 Å². The van der Waals surface area contributed by atoms with Gasteiger partial charge in [-0.1, -0.05) is 23.7 Å². The van der Waals surface area contributed by atoms with Gasteiger partial charge in [0, 0.05) is 35.3 Å². The topological polar surface area (TPSA) is 79.6 Å². The summed E-state index contributed by atoms with van der Waals surface area (Å²) < 4.78 is 11.4. The van der Waals surface area contributed by atoms with Crippen molar-refractivity contribution >= 4 is 46.2 Å². The van der Waals surface area contributed by atoms with Crippen molar-refractivity contribution in [2.75, 3.05) is 23.9 Å². The largest absolute Gasteiger partial charge is 0.459 e. The highest BCUT2D eigenvalue weighted by atomic mass is 35.5. The molecule has 2 atom stereocenters. The number of benzene rings is 2. The predicted molar refractivity (Wildman–Crippen MR) is 154 cm³/mol. The summed E-state index contributed by atoms with van der Waals surface area (Å²) in [7, 11) is 1.49. The van der Waals surface area contributed by atoms with Gasteiger partial charge in [0.05, 0.1) is 11.7 Å². The van der Waals surface area contributed by atoms with Gasteiger partial charge in [-0.3, -0.25) is 9.78 Å². The molecule has 0 radical (unpaired) electrons. The molecule has 1 amide bonds. The number of amides is 1. The van der Waals surface area contributed by atoms with Crippen molar-refractivity contribution in [2.24, 2.45) is 0 Å². The van der Waals surface area contributed by atoms with E-state index >= 15 is 0 Å². The molecule has 7 nitrogen and oxygen atoms in total. The lowest BCUT2D eigenvalue weighted by Gasteiger charge is -2.27.